The maximum atomic E-state index is 12.6. The molecule has 0 bridgehead atoms. The fourth-order valence-corrected chi connectivity index (χ4v) is 4.06. The Morgan fingerprint density at radius 2 is 2.07 bits per heavy atom. The predicted molar refractivity (Wildman–Crippen MR) is 108 cm³/mol. The largest absolute Gasteiger partial charge is 0.384 e. The van der Waals surface area contributed by atoms with E-state index in [4.69, 9.17) is 5.73 Å². The van der Waals surface area contributed by atoms with E-state index in [0.29, 0.717) is 30.7 Å². The summed E-state index contributed by atoms with van der Waals surface area (Å²) in [4.78, 5) is 30.4. The molecule has 2 heterocycles. The van der Waals surface area contributed by atoms with Gasteiger partial charge >= 0.3 is 0 Å². The summed E-state index contributed by atoms with van der Waals surface area (Å²) < 4.78 is 0. The number of piperidine rings is 1. The number of aromatic nitrogens is 1. The molecule has 3 atom stereocenters. The number of benzene rings is 1. The molecule has 6 nitrogen and oxygen atoms in total. The lowest BCUT2D eigenvalue weighted by Gasteiger charge is -2.20. The molecule has 3 N–H and O–H groups in total. The van der Waals surface area contributed by atoms with Gasteiger partial charge in [-0.3, -0.25) is 9.59 Å². The number of pyridine rings is 1. The minimum absolute atomic E-state index is 0.139. The zero-order valence-corrected chi connectivity index (χ0v) is 15.6. The number of nitrogens with zero attached hydrogens (tertiary/aromatic N) is 2. The van der Waals surface area contributed by atoms with Gasteiger partial charge in [-0.05, 0) is 47.6 Å². The number of carbonyl (C=O) groups excluding carboxylic acids is 2. The van der Waals surface area contributed by atoms with Crippen LogP contribution in [0.4, 0.5) is 5.82 Å². The van der Waals surface area contributed by atoms with Crippen LogP contribution in [0.2, 0.25) is 0 Å². The summed E-state index contributed by atoms with van der Waals surface area (Å²) in [5.74, 6) is 1.58. The van der Waals surface area contributed by atoms with E-state index in [-0.39, 0.29) is 17.7 Å². The topological polar surface area (TPSA) is 88.3 Å². The van der Waals surface area contributed by atoms with Crippen LogP contribution < -0.4 is 11.1 Å². The van der Waals surface area contributed by atoms with Crippen LogP contribution >= 0.6 is 0 Å². The van der Waals surface area contributed by atoms with E-state index < -0.39 is 0 Å². The second-order valence-electron chi connectivity index (χ2n) is 7.49. The highest BCUT2D eigenvalue weighted by atomic mass is 16.2. The van der Waals surface area contributed by atoms with Crippen molar-refractivity contribution in [1.82, 2.24) is 15.2 Å². The van der Waals surface area contributed by atoms with Gasteiger partial charge in [0.15, 0.2) is 0 Å². The quantitative estimate of drug-likeness (QED) is 0.724. The third-order valence-electron chi connectivity index (χ3n) is 5.59. The van der Waals surface area contributed by atoms with Gasteiger partial charge in [0.05, 0.1) is 0 Å². The molecule has 2 fully saturated rings. The monoisotopic (exact) mass is 376 g/mol. The summed E-state index contributed by atoms with van der Waals surface area (Å²) in [5.41, 5.74) is 7.53. The number of rotatable bonds is 7. The summed E-state index contributed by atoms with van der Waals surface area (Å²) in [5, 5.41) is 2.90. The smallest absolute Gasteiger partial charge is 0.244 e. The van der Waals surface area contributed by atoms with E-state index in [0.717, 1.165) is 18.5 Å². The molecule has 1 saturated heterocycles. The average molecular weight is 376 g/mol. The van der Waals surface area contributed by atoms with Crippen molar-refractivity contribution in [3.05, 3.63) is 65.9 Å². The first-order chi connectivity index (χ1) is 13.6. The van der Waals surface area contributed by atoms with E-state index in [1.807, 2.05) is 29.2 Å². The number of likely N-dealkylation sites (tertiary alicyclic amines) is 1. The first-order valence-corrected chi connectivity index (χ1v) is 9.62. The van der Waals surface area contributed by atoms with Crippen molar-refractivity contribution >= 4 is 23.7 Å². The Bertz CT molecular complexity index is 879. The maximum Gasteiger partial charge on any atom is 0.244 e. The molecule has 2 aromatic rings. The number of amides is 2. The van der Waals surface area contributed by atoms with E-state index in [1.165, 1.54) is 11.6 Å². The molecule has 6 heteroatoms. The molecule has 0 unspecified atom stereocenters. The van der Waals surface area contributed by atoms with Crippen molar-refractivity contribution in [2.45, 2.75) is 13.0 Å². The fourth-order valence-electron chi connectivity index (χ4n) is 4.06. The number of carbonyl (C=O) groups is 2. The van der Waals surface area contributed by atoms with Crippen molar-refractivity contribution in [2.75, 3.05) is 18.8 Å². The second kappa shape index (κ2) is 7.84. The van der Waals surface area contributed by atoms with E-state index in [1.54, 1.807) is 18.3 Å². The van der Waals surface area contributed by atoms with Gasteiger partial charge in [0.25, 0.3) is 0 Å². The van der Waals surface area contributed by atoms with Gasteiger partial charge in [-0.15, -0.1) is 0 Å². The number of nitrogens with one attached hydrogen (secondary N) is 1. The molecule has 2 aliphatic rings. The Balaban J connectivity index is 1.18. The summed E-state index contributed by atoms with van der Waals surface area (Å²) >= 11 is 0. The number of hydrogen-bond acceptors (Lipinski definition) is 4. The van der Waals surface area contributed by atoms with Crippen molar-refractivity contribution in [1.29, 1.82) is 0 Å². The van der Waals surface area contributed by atoms with Crippen LogP contribution in [0, 0.1) is 17.8 Å². The Kier molecular flexibility index (Phi) is 5.10. The highest BCUT2D eigenvalue weighted by Gasteiger charge is 2.60. The van der Waals surface area contributed by atoms with Crippen molar-refractivity contribution in [2.24, 2.45) is 17.8 Å². The lowest BCUT2D eigenvalue weighted by Crippen LogP contribution is -2.30. The van der Waals surface area contributed by atoms with Gasteiger partial charge in [-0.25, -0.2) is 4.98 Å². The van der Waals surface area contributed by atoms with Gasteiger partial charge in [0.2, 0.25) is 11.8 Å². The summed E-state index contributed by atoms with van der Waals surface area (Å²) in [7, 11) is 0. The molecular weight excluding hydrogens is 352 g/mol. The molecular formula is C22H24N4O2. The average Bonchev–Trinajstić information content (AvgIpc) is 3.28. The Morgan fingerprint density at radius 1 is 1.25 bits per heavy atom. The van der Waals surface area contributed by atoms with Crippen molar-refractivity contribution in [3.63, 3.8) is 0 Å². The minimum Gasteiger partial charge on any atom is -0.384 e. The lowest BCUT2D eigenvalue weighted by atomic mass is 10.1. The second-order valence-corrected chi connectivity index (χ2v) is 7.49. The first-order valence-electron chi connectivity index (χ1n) is 9.62. The zero-order valence-electron chi connectivity index (χ0n) is 15.6. The minimum atomic E-state index is -0.139. The highest BCUT2D eigenvalue weighted by molar-refractivity contribution is 5.91. The highest BCUT2D eigenvalue weighted by Crippen LogP contribution is 2.54. The van der Waals surface area contributed by atoms with Crippen LogP contribution in [0.3, 0.4) is 0 Å². The molecule has 0 radical (unpaired) electrons. The number of anilines is 1. The molecule has 4 rings (SSSR count). The molecule has 1 aromatic heterocycles. The van der Waals surface area contributed by atoms with Crippen LogP contribution in [0.15, 0.2) is 54.7 Å². The van der Waals surface area contributed by atoms with E-state index >= 15 is 0 Å². The fraction of sp³-hybridized carbons (Fsp3) is 0.318. The van der Waals surface area contributed by atoms with Gasteiger partial charge in [0.1, 0.15) is 5.82 Å². The third-order valence-corrected chi connectivity index (χ3v) is 5.59. The Morgan fingerprint density at radius 3 is 2.75 bits per heavy atom. The normalized spacial score (nSPS) is 23.1. The summed E-state index contributed by atoms with van der Waals surface area (Å²) in [6.45, 7) is 2.12. The van der Waals surface area contributed by atoms with E-state index in [9.17, 15) is 9.59 Å². The van der Waals surface area contributed by atoms with Crippen LogP contribution in [0.5, 0.6) is 0 Å². The van der Waals surface area contributed by atoms with Crippen molar-refractivity contribution in [3.8, 4) is 0 Å². The zero-order chi connectivity index (χ0) is 19.5. The summed E-state index contributed by atoms with van der Waals surface area (Å²) in [6.07, 6.45) is 5.67. The van der Waals surface area contributed by atoms with Gasteiger partial charge in [-0.2, -0.15) is 0 Å². The SMILES string of the molecule is Nc1ccc(/C=C/C(=O)NCC[C@H]2[C@@H]3CN(Cc4ccccc4)C(=O)[C@H]23)cn1. The number of nitrogens with two attached hydrogens (primary N) is 1. The lowest BCUT2D eigenvalue weighted by molar-refractivity contribution is -0.131. The van der Waals surface area contributed by atoms with Crippen LogP contribution in [0.25, 0.3) is 6.08 Å². The van der Waals surface area contributed by atoms with Crippen LogP contribution in [-0.2, 0) is 16.1 Å². The standard InChI is InChI=1S/C22H24N4O2/c23-19-8-6-15(12-25-19)7-9-20(27)24-11-10-17-18-14-26(22(28)21(17)18)13-16-4-2-1-3-5-16/h1-9,12,17-18,21H,10-11,13-14H2,(H2,23,25)(H,24,27)/b9-7+/t17-,18-,21+/m0/s1. The molecule has 1 aromatic carbocycles. The molecule has 0 spiro atoms. The predicted octanol–water partition coefficient (Wildman–Crippen LogP) is 2.09. The molecule has 1 aliphatic heterocycles. The van der Waals surface area contributed by atoms with E-state index in [2.05, 4.69) is 22.4 Å². The Labute approximate surface area is 164 Å². The molecule has 2 amide bonds. The molecule has 28 heavy (non-hydrogen) atoms. The van der Waals surface area contributed by atoms with Crippen LogP contribution in [-0.4, -0.2) is 34.8 Å². The first kappa shape index (κ1) is 18.2. The molecule has 144 valence electrons. The molecule has 1 saturated carbocycles. The summed E-state index contributed by atoms with van der Waals surface area (Å²) in [6, 6.07) is 13.6. The van der Waals surface area contributed by atoms with Gasteiger partial charge in [-0.1, -0.05) is 30.3 Å². The third kappa shape index (κ3) is 4.06. The van der Waals surface area contributed by atoms with Gasteiger partial charge < -0.3 is 16.0 Å². The molecule has 1 aliphatic carbocycles. The number of nitrogen functional groups attached to an aromatic ring is 1. The Hall–Kier alpha value is -3.15. The van der Waals surface area contributed by atoms with Gasteiger partial charge in [0, 0.05) is 37.8 Å². The van der Waals surface area contributed by atoms with Crippen molar-refractivity contribution < 1.29 is 9.59 Å². The van der Waals surface area contributed by atoms with Crippen LogP contribution in [0.1, 0.15) is 17.5 Å². The maximum absolute atomic E-state index is 12.6. The number of hydrogen-bond donors (Lipinski definition) is 2. The number of fused-ring (bicyclic) bond motifs is 1.